The highest BCUT2D eigenvalue weighted by atomic mass is 32.2. The third-order valence-electron chi connectivity index (χ3n) is 5.24. The van der Waals surface area contributed by atoms with Gasteiger partial charge >= 0.3 is 0 Å². The Morgan fingerprint density at radius 2 is 1.86 bits per heavy atom. The van der Waals surface area contributed by atoms with Gasteiger partial charge in [-0.1, -0.05) is 30.8 Å². The van der Waals surface area contributed by atoms with E-state index in [-0.39, 0.29) is 5.91 Å². The zero-order valence-electron chi connectivity index (χ0n) is 16.3. The first-order chi connectivity index (χ1) is 13.7. The lowest BCUT2D eigenvalue weighted by atomic mass is 10.1. The number of tetrazole rings is 1. The molecule has 1 aromatic heterocycles. The molecule has 2 aromatic rings. The topological polar surface area (TPSA) is 79.2 Å². The summed E-state index contributed by atoms with van der Waals surface area (Å²) in [5, 5.41) is 15.4. The van der Waals surface area contributed by atoms with Crippen LogP contribution in [0.2, 0.25) is 0 Å². The maximum absolute atomic E-state index is 12.2. The largest absolute Gasteiger partial charge is 0.325 e. The number of hydrogen-bond donors (Lipinski definition) is 1. The number of carbonyl (C=O) groups is 1. The molecule has 1 amide bonds. The molecule has 2 aliphatic rings. The molecule has 1 aliphatic heterocycles. The van der Waals surface area contributed by atoms with Crippen molar-refractivity contribution in [3.8, 4) is 0 Å². The lowest BCUT2D eigenvalue weighted by Crippen LogP contribution is -2.45. The van der Waals surface area contributed by atoms with Crippen LogP contribution in [0.4, 0.5) is 5.69 Å². The number of nitrogens with one attached hydrogen (secondary N) is 1. The number of hydrogen-bond acceptors (Lipinski definition) is 7. The van der Waals surface area contributed by atoms with Crippen LogP contribution in [0.3, 0.4) is 0 Å². The van der Waals surface area contributed by atoms with Gasteiger partial charge < -0.3 is 10.2 Å². The second-order valence-corrected chi connectivity index (χ2v) is 8.32. The molecule has 8 nitrogen and oxygen atoms in total. The van der Waals surface area contributed by atoms with E-state index in [0.717, 1.165) is 63.0 Å². The maximum Gasteiger partial charge on any atom is 0.234 e. The number of carbonyl (C=O) groups excluding carboxylic acids is 1. The standard InChI is InChI=1S/C19H27N7OS/c1-2-24-9-11-25(12-10-24)13-15-3-5-16(6-4-15)20-18(27)14-28-19-21-22-23-26(19)17-7-8-17/h3-6,17H,2,7-14H2,1H3,(H,20,27). The van der Waals surface area contributed by atoms with Gasteiger partial charge in [0, 0.05) is 38.4 Å². The molecular formula is C19H27N7OS. The molecule has 1 aliphatic carbocycles. The van der Waals surface area contributed by atoms with Crippen molar-refractivity contribution in [3.05, 3.63) is 29.8 Å². The lowest BCUT2D eigenvalue weighted by Gasteiger charge is -2.34. The predicted octanol–water partition coefficient (Wildman–Crippen LogP) is 1.88. The Balaban J connectivity index is 1.22. The first kappa shape index (κ1) is 19.4. The number of piperazine rings is 1. The highest BCUT2D eigenvalue weighted by Gasteiger charge is 2.28. The van der Waals surface area contributed by atoms with Crippen LogP contribution in [-0.4, -0.2) is 74.4 Å². The number of likely N-dealkylation sites (N-methyl/N-ethyl adjacent to an activating group) is 1. The Bertz CT molecular complexity index is 782. The molecule has 0 atom stereocenters. The summed E-state index contributed by atoms with van der Waals surface area (Å²) < 4.78 is 1.83. The zero-order chi connectivity index (χ0) is 19.3. The van der Waals surface area contributed by atoms with E-state index < -0.39 is 0 Å². The Kier molecular flexibility index (Phi) is 6.23. The molecule has 0 spiro atoms. The molecule has 150 valence electrons. The second-order valence-electron chi connectivity index (χ2n) is 7.38. The van der Waals surface area contributed by atoms with Gasteiger partial charge in [0.25, 0.3) is 0 Å². The van der Waals surface area contributed by atoms with Crippen molar-refractivity contribution in [2.45, 2.75) is 37.5 Å². The summed E-state index contributed by atoms with van der Waals surface area (Å²) in [5.74, 6) is 0.259. The molecule has 0 unspecified atom stereocenters. The molecule has 9 heteroatoms. The highest BCUT2D eigenvalue weighted by molar-refractivity contribution is 7.99. The van der Waals surface area contributed by atoms with Crippen LogP contribution in [0.15, 0.2) is 29.4 Å². The third-order valence-corrected chi connectivity index (χ3v) is 6.18. The number of rotatable bonds is 8. The van der Waals surface area contributed by atoms with Crippen molar-refractivity contribution < 1.29 is 4.79 Å². The zero-order valence-corrected chi connectivity index (χ0v) is 17.1. The minimum absolute atomic E-state index is 0.0428. The van der Waals surface area contributed by atoms with Crippen LogP contribution in [0.25, 0.3) is 0 Å². The number of aromatic nitrogens is 4. The molecule has 1 aromatic carbocycles. The minimum atomic E-state index is -0.0428. The highest BCUT2D eigenvalue weighted by Crippen LogP contribution is 2.36. The normalized spacial score (nSPS) is 18.3. The quantitative estimate of drug-likeness (QED) is 0.677. The fraction of sp³-hybridized carbons (Fsp3) is 0.579. The molecule has 4 rings (SSSR count). The molecule has 0 radical (unpaired) electrons. The van der Waals surface area contributed by atoms with Gasteiger partial charge in [0.2, 0.25) is 11.1 Å². The van der Waals surface area contributed by atoms with E-state index in [4.69, 9.17) is 0 Å². The van der Waals surface area contributed by atoms with Gasteiger partial charge in [-0.2, -0.15) is 0 Å². The third kappa shape index (κ3) is 5.09. The van der Waals surface area contributed by atoms with Crippen molar-refractivity contribution in [3.63, 3.8) is 0 Å². The van der Waals surface area contributed by atoms with E-state index in [1.165, 1.54) is 17.3 Å². The van der Waals surface area contributed by atoms with Gasteiger partial charge in [-0.3, -0.25) is 9.69 Å². The van der Waals surface area contributed by atoms with E-state index in [1.807, 2.05) is 16.8 Å². The summed E-state index contributed by atoms with van der Waals surface area (Å²) in [6, 6.07) is 8.58. The van der Waals surface area contributed by atoms with Gasteiger partial charge in [0.1, 0.15) is 0 Å². The summed E-state index contributed by atoms with van der Waals surface area (Å²) in [5.41, 5.74) is 2.10. The lowest BCUT2D eigenvalue weighted by molar-refractivity contribution is -0.113. The Morgan fingerprint density at radius 3 is 2.54 bits per heavy atom. The smallest absolute Gasteiger partial charge is 0.234 e. The van der Waals surface area contributed by atoms with Crippen molar-refractivity contribution in [2.75, 3.05) is 43.8 Å². The minimum Gasteiger partial charge on any atom is -0.325 e. The Labute approximate surface area is 169 Å². The summed E-state index contributed by atoms with van der Waals surface area (Å²) in [6.07, 6.45) is 2.23. The monoisotopic (exact) mass is 401 g/mol. The van der Waals surface area contributed by atoms with Gasteiger partial charge in [-0.05, 0) is 47.5 Å². The van der Waals surface area contributed by atoms with Crippen molar-refractivity contribution >= 4 is 23.4 Å². The van der Waals surface area contributed by atoms with E-state index in [0.29, 0.717) is 11.8 Å². The Hall–Kier alpha value is -1.97. The van der Waals surface area contributed by atoms with Gasteiger partial charge in [-0.25, -0.2) is 4.68 Å². The molecule has 2 fully saturated rings. The molecule has 28 heavy (non-hydrogen) atoms. The summed E-state index contributed by atoms with van der Waals surface area (Å²) in [7, 11) is 0. The summed E-state index contributed by atoms with van der Waals surface area (Å²) >= 11 is 1.38. The first-order valence-electron chi connectivity index (χ1n) is 9.95. The number of benzene rings is 1. The van der Waals surface area contributed by atoms with Crippen LogP contribution in [-0.2, 0) is 11.3 Å². The number of amides is 1. The van der Waals surface area contributed by atoms with E-state index in [2.05, 4.69) is 49.7 Å². The maximum atomic E-state index is 12.2. The van der Waals surface area contributed by atoms with Crippen LogP contribution in [0, 0.1) is 0 Å². The van der Waals surface area contributed by atoms with E-state index >= 15 is 0 Å². The molecule has 1 saturated heterocycles. The van der Waals surface area contributed by atoms with Gasteiger partial charge in [0.15, 0.2) is 0 Å². The summed E-state index contributed by atoms with van der Waals surface area (Å²) in [4.78, 5) is 17.2. The molecule has 0 bridgehead atoms. The number of nitrogens with zero attached hydrogens (tertiary/aromatic N) is 6. The fourth-order valence-corrected chi connectivity index (χ4v) is 4.12. The van der Waals surface area contributed by atoms with E-state index in [9.17, 15) is 4.79 Å². The van der Waals surface area contributed by atoms with Crippen LogP contribution in [0.5, 0.6) is 0 Å². The van der Waals surface area contributed by atoms with Crippen molar-refractivity contribution in [2.24, 2.45) is 0 Å². The molecule has 1 N–H and O–H groups in total. The van der Waals surface area contributed by atoms with Gasteiger partial charge in [0.05, 0.1) is 11.8 Å². The number of anilines is 1. The molecular weight excluding hydrogens is 374 g/mol. The predicted molar refractivity (Wildman–Crippen MR) is 109 cm³/mol. The SMILES string of the molecule is CCN1CCN(Cc2ccc(NC(=O)CSc3nnnn3C3CC3)cc2)CC1. The van der Waals surface area contributed by atoms with Gasteiger partial charge in [-0.15, -0.1) is 5.10 Å². The van der Waals surface area contributed by atoms with Crippen LogP contribution in [0.1, 0.15) is 31.4 Å². The fourth-order valence-electron chi connectivity index (χ4n) is 3.37. The first-order valence-corrected chi connectivity index (χ1v) is 10.9. The second kappa shape index (κ2) is 9.02. The number of thioether (sulfide) groups is 1. The summed E-state index contributed by atoms with van der Waals surface area (Å²) in [6.45, 7) is 8.84. The Morgan fingerprint density at radius 1 is 1.14 bits per heavy atom. The van der Waals surface area contributed by atoms with Crippen molar-refractivity contribution in [1.29, 1.82) is 0 Å². The average Bonchev–Trinajstić information content (AvgIpc) is 3.46. The molecule has 2 heterocycles. The average molecular weight is 402 g/mol. The van der Waals surface area contributed by atoms with Crippen molar-refractivity contribution in [1.82, 2.24) is 30.0 Å². The van der Waals surface area contributed by atoms with Crippen LogP contribution >= 0.6 is 11.8 Å². The van der Waals surface area contributed by atoms with Crippen LogP contribution < -0.4 is 5.32 Å². The molecule has 1 saturated carbocycles. The van der Waals surface area contributed by atoms with E-state index in [1.54, 1.807) is 0 Å².